The molecule has 29 heavy (non-hydrogen) atoms. The van der Waals surface area contributed by atoms with E-state index in [1.165, 1.54) is 24.3 Å². The van der Waals surface area contributed by atoms with E-state index in [9.17, 15) is 19.5 Å². The molecule has 0 unspecified atom stereocenters. The van der Waals surface area contributed by atoms with Crippen LogP contribution in [0.15, 0.2) is 42.5 Å². The molecule has 152 valence electrons. The van der Waals surface area contributed by atoms with Crippen LogP contribution in [0.4, 0.5) is 11.4 Å². The Hall–Kier alpha value is -3.39. The van der Waals surface area contributed by atoms with Crippen LogP contribution in [0.1, 0.15) is 38.0 Å². The van der Waals surface area contributed by atoms with Gasteiger partial charge in [0, 0.05) is 24.2 Å². The van der Waals surface area contributed by atoms with Gasteiger partial charge in [-0.3, -0.25) is 4.79 Å². The van der Waals surface area contributed by atoms with E-state index >= 15 is 0 Å². The number of amides is 1. The molecule has 1 N–H and O–H groups in total. The second-order valence-electron chi connectivity index (χ2n) is 6.34. The van der Waals surface area contributed by atoms with E-state index < -0.39 is 17.8 Å². The Morgan fingerprint density at radius 3 is 2.45 bits per heavy atom. The average molecular weight is 397 g/mol. The molecule has 1 heterocycles. The third kappa shape index (κ3) is 4.72. The van der Waals surface area contributed by atoms with Crippen molar-refractivity contribution in [3.05, 3.63) is 59.2 Å². The van der Waals surface area contributed by atoms with Crippen molar-refractivity contribution in [3.8, 4) is 0 Å². The zero-order valence-corrected chi connectivity index (χ0v) is 16.0. The predicted octanol–water partition coefficient (Wildman–Crippen LogP) is 1.32. The SMILES string of the molecule is CCOC(=O)c1ccc(N2CCOCC2)c(NC(=O)c2ccccc2C(=O)[O-])c1. The van der Waals surface area contributed by atoms with Gasteiger partial charge >= 0.3 is 5.97 Å². The van der Waals surface area contributed by atoms with Crippen LogP contribution in [0.2, 0.25) is 0 Å². The Morgan fingerprint density at radius 2 is 1.79 bits per heavy atom. The lowest BCUT2D eigenvalue weighted by Gasteiger charge is -2.30. The van der Waals surface area contributed by atoms with Crippen molar-refractivity contribution >= 4 is 29.2 Å². The van der Waals surface area contributed by atoms with E-state index in [1.54, 1.807) is 25.1 Å². The molecule has 2 aromatic carbocycles. The second-order valence-corrected chi connectivity index (χ2v) is 6.34. The predicted molar refractivity (Wildman–Crippen MR) is 104 cm³/mol. The van der Waals surface area contributed by atoms with Crippen LogP contribution in [0.3, 0.4) is 0 Å². The third-order valence-corrected chi connectivity index (χ3v) is 4.50. The number of carbonyl (C=O) groups is 3. The molecule has 1 aliphatic rings. The Bertz CT molecular complexity index is 921. The molecule has 8 nitrogen and oxygen atoms in total. The molecule has 0 aromatic heterocycles. The maximum Gasteiger partial charge on any atom is 0.338 e. The van der Waals surface area contributed by atoms with Crippen LogP contribution in [-0.2, 0) is 9.47 Å². The van der Waals surface area contributed by atoms with Gasteiger partial charge in [0.25, 0.3) is 5.91 Å². The molecule has 0 atom stereocenters. The van der Waals surface area contributed by atoms with Crippen molar-refractivity contribution in [2.75, 3.05) is 43.1 Å². The fourth-order valence-electron chi connectivity index (χ4n) is 3.11. The van der Waals surface area contributed by atoms with E-state index in [1.807, 2.05) is 4.90 Å². The van der Waals surface area contributed by atoms with E-state index in [0.29, 0.717) is 37.7 Å². The molecule has 1 aliphatic heterocycles. The fraction of sp³-hybridized carbons (Fsp3) is 0.286. The summed E-state index contributed by atoms with van der Waals surface area (Å²) >= 11 is 0. The first kappa shape index (κ1) is 20.3. The van der Waals surface area contributed by atoms with E-state index in [4.69, 9.17) is 9.47 Å². The molecule has 0 saturated carbocycles. The Labute approximate surface area is 168 Å². The van der Waals surface area contributed by atoms with Gasteiger partial charge in [0.15, 0.2) is 0 Å². The van der Waals surface area contributed by atoms with Crippen LogP contribution < -0.4 is 15.3 Å². The number of nitrogens with zero attached hydrogens (tertiary/aromatic N) is 1. The van der Waals surface area contributed by atoms with Crippen molar-refractivity contribution < 1.29 is 29.0 Å². The minimum Gasteiger partial charge on any atom is -0.545 e. The number of hydrogen-bond acceptors (Lipinski definition) is 7. The highest BCUT2D eigenvalue weighted by molar-refractivity contribution is 6.11. The molecule has 0 spiro atoms. The number of esters is 1. The van der Waals surface area contributed by atoms with Gasteiger partial charge in [-0.15, -0.1) is 0 Å². The summed E-state index contributed by atoms with van der Waals surface area (Å²) in [5, 5.41) is 14.1. The first-order valence-electron chi connectivity index (χ1n) is 9.27. The Kier molecular flexibility index (Phi) is 6.46. The number of nitrogens with one attached hydrogen (secondary N) is 1. The molecule has 8 heteroatoms. The van der Waals surface area contributed by atoms with Gasteiger partial charge < -0.3 is 29.6 Å². The van der Waals surface area contributed by atoms with Gasteiger partial charge in [-0.25, -0.2) is 4.79 Å². The van der Waals surface area contributed by atoms with E-state index in [2.05, 4.69) is 5.32 Å². The molecule has 0 radical (unpaired) electrons. The first-order chi connectivity index (χ1) is 14.0. The van der Waals surface area contributed by atoms with Crippen LogP contribution >= 0.6 is 0 Å². The summed E-state index contributed by atoms with van der Waals surface area (Å²) in [5.74, 6) is -2.56. The maximum atomic E-state index is 12.8. The second kappa shape index (κ2) is 9.20. The number of ether oxygens (including phenoxy) is 2. The third-order valence-electron chi connectivity index (χ3n) is 4.50. The Morgan fingerprint density at radius 1 is 1.10 bits per heavy atom. The summed E-state index contributed by atoms with van der Waals surface area (Å²) in [7, 11) is 0. The number of benzene rings is 2. The minimum absolute atomic E-state index is 0.0260. The number of rotatable bonds is 6. The lowest BCUT2D eigenvalue weighted by Crippen LogP contribution is -2.37. The van der Waals surface area contributed by atoms with E-state index in [-0.39, 0.29) is 23.3 Å². The summed E-state index contributed by atoms with van der Waals surface area (Å²) in [6.45, 7) is 4.26. The number of morpholine rings is 1. The average Bonchev–Trinajstić information content (AvgIpc) is 2.74. The van der Waals surface area contributed by atoms with Crippen LogP contribution in [0.25, 0.3) is 0 Å². The molecule has 0 aliphatic carbocycles. The Balaban J connectivity index is 1.96. The monoisotopic (exact) mass is 397 g/mol. The van der Waals surface area contributed by atoms with Gasteiger partial charge in [-0.05, 0) is 31.2 Å². The quantitative estimate of drug-likeness (QED) is 0.732. The standard InChI is InChI=1S/C21H22N2O6/c1-2-29-21(27)14-7-8-18(23-9-11-28-12-10-23)17(13-14)22-19(24)15-5-3-4-6-16(15)20(25)26/h3-8,13H,2,9-12H2,1H3,(H,22,24)(H,25,26)/p-1. The van der Waals surface area contributed by atoms with E-state index in [0.717, 1.165) is 0 Å². The van der Waals surface area contributed by atoms with Gasteiger partial charge in [0.2, 0.25) is 0 Å². The van der Waals surface area contributed by atoms with Gasteiger partial charge in [-0.1, -0.05) is 18.2 Å². The van der Waals surface area contributed by atoms with Gasteiger partial charge in [0.1, 0.15) is 0 Å². The summed E-state index contributed by atoms with van der Waals surface area (Å²) in [6, 6.07) is 10.7. The lowest BCUT2D eigenvalue weighted by molar-refractivity contribution is -0.255. The molecule has 3 rings (SSSR count). The zero-order chi connectivity index (χ0) is 20.8. The van der Waals surface area contributed by atoms with Crippen LogP contribution in [0, 0.1) is 0 Å². The number of aromatic carboxylic acids is 1. The molecule has 2 aromatic rings. The smallest absolute Gasteiger partial charge is 0.338 e. The molecule has 1 amide bonds. The van der Waals surface area contributed by atoms with Crippen LogP contribution in [0.5, 0.6) is 0 Å². The minimum atomic E-state index is -1.44. The highest BCUT2D eigenvalue weighted by atomic mass is 16.5. The highest BCUT2D eigenvalue weighted by Crippen LogP contribution is 2.29. The molecule has 0 bridgehead atoms. The van der Waals surface area contributed by atoms with Gasteiger partial charge in [-0.2, -0.15) is 0 Å². The maximum absolute atomic E-state index is 12.8. The summed E-state index contributed by atoms with van der Waals surface area (Å²) in [6.07, 6.45) is 0. The first-order valence-corrected chi connectivity index (χ1v) is 9.27. The van der Waals surface area contributed by atoms with Crippen molar-refractivity contribution in [2.24, 2.45) is 0 Å². The van der Waals surface area contributed by atoms with Crippen molar-refractivity contribution in [1.29, 1.82) is 0 Å². The number of carboxylic acid groups (broad SMARTS) is 1. The molecular formula is C21H21N2O6-. The highest BCUT2D eigenvalue weighted by Gasteiger charge is 2.20. The number of anilines is 2. The summed E-state index contributed by atoms with van der Waals surface area (Å²) in [4.78, 5) is 38.3. The molecule has 1 saturated heterocycles. The largest absolute Gasteiger partial charge is 0.545 e. The van der Waals surface area contributed by atoms with Crippen molar-refractivity contribution in [1.82, 2.24) is 0 Å². The zero-order valence-electron chi connectivity index (χ0n) is 16.0. The summed E-state index contributed by atoms with van der Waals surface area (Å²) in [5.41, 5.74) is 1.14. The topological polar surface area (TPSA) is 108 Å². The number of carboxylic acids is 1. The normalized spacial score (nSPS) is 13.6. The number of hydrogen-bond donors (Lipinski definition) is 1. The molecular weight excluding hydrogens is 376 g/mol. The van der Waals surface area contributed by atoms with Crippen molar-refractivity contribution in [3.63, 3.8) is 0 Å². The fourth-order valence-corrected chi connectivity index (χ4v) is 3.11. The summed E-state index contributed by atoms with van der Waals surface area (Å²) < 4.78 is 10.4. The van der Waals surface area contributed by atoms with Crippen molar-refractivity contribution in [2.45, 2.75) is 6.92 Å². The van der Waals surface area contributed by atoms with Crippen LogP contribution in [-0.4, -0.2) is 50.8 Å². The van der Waals surface area contributed by atoms with Gasteiger partial charge in [0.05, 0.1) is 42.7 Å². The number of carbonyl (C=O) groups excluding carboxylic acids is 3. The molecule has 1 fully saturated rings. The lowest BCUT2D eigenvalue weighted by atomic mass is 10.1.